The molecular weight excluding hydrogens is 259 g/mol. The molecule has 1 aliphatic rings. The highest BCUT2D eigenvalue weighted by molar-refractivity contribution is 5.99. The van der Waals surface area contributed by atoms with Crippen molar-refractivity contribution in [1.82, 2.24) is 5.32 Å². The van der Waals surface area contributed by atoms with Crippen LogP contribution in [0.3, 0.4) is 0 Å². The summed E-state index contributed by atoms with van der Waals surface area (Å²) in [6.07, 6.45) is 1.44. The lowest BCUT2D eigenvalue weighted by Gasteiger charge is -2.11. The van der Waals surface area contributed by atoms with Crippen LogP contribution in [0.15, 0.2) is 24.3 Å². The molecular formula is C15H19FN2O2. The van der Waals surface area contributed by atoms with Crippen LogP contribution >= 0.6 is 0 Å². The molecule has 0 bridgehead atoms. The summed E-state index contributed by atoms with van der Waals surface area (Å²) in [5.74, 6) is -1.09. The number of benzene rings is 1. The zero-order valence-corrected chi connectivity index (χ0v) is 11.7. The van der Waals surface area contributed by atoms with Gasteiger partial charge in [0.05, 0.1) is 11.8 Å². The van der Waals surface area contributed by atoms with E-state index < -0.39 is 0 Å². The number of carbonyl (C=O) groups excluding carboxylic acids is 2. The predicted octanol–water partition coefficient (Wildman–Crippen LogP) is 2.32. The molecule has 3 unspecified atom stereocenters. The SMILES string of the molecule is CCC(C)NC(=O)C1CC1C(=O)Nc1ccc(F)cc1. The monoisotopic (exact) mass is 278 g/mol. The van der Waals surface area contributed by atoms with Gasteiger partial charge >= 0.3 is 0 Å². The first-order chi connectivity index (χ1) is 9.51. The average Bonchev–Trinajstić information content (AvgIpc) is 3.21. The van der Waals surface area contributed by atoms with Crippen LogP contribution in [0.25, 0.3) is 0 Å². The van der Waals surface area contributed by atoms with Crippen LogP contribution in [0.2, 0.25) is 0 Å². The standard InChI is InChI=1S/C15H19FN2O2/c1-3-9(2)17-14(19)12-8-13(12)15(20)18-11-6-4-10(16)5-7-11/h4-7,9,12-13H,3,8H2,1-2H3,(H,17,19)(H,18,20). The Bertz CT molecular complexity index is 501. The van der Waals surface area contributed by atoms with E-state index in [0.717, 1.165) is 6.42 Å². The molecule has 2 N–H and O–H groups in total. The highest BCUT2D eigenvalue weighted by Crippen LogP contribution is 2.39. The minimum Gasteiger partial charge on any atom is -0.353 e. The quantitative estimate of drug-likeness (QED) is 0.868. The number of nitrogens with one attached hydrogen (secondary N) is 2. The van der Waals surface area contributed by atoms with Gasteiger partial charge in [-0.05, 0) is 44.0 Å². The van der Waals surface area contributed by atoms with Crippen molar-refractivity contribution in [1.29, 1.82) is 0 Å². The predicted molar refractivity (Wildman–Crippen MR) is 74.5 cm³/mol. The van der Waals surface area contributed by atoms with E-state index >= 15 is 0 Å². The Morgan fingerprint density at radius 1 is 1.25 bits per heavy atom. The maximum absolute atomic E-state index is 12.8. The first kappa shape index (κ1) is 14.5. The number of halogens is 1. The van der Waals surface area contributed by atoms with Crippen molar-refractivity contribution < 1.29 is 14.0 Å². The molecule has 108 valence electrons. The molecule has 1 aromatic carbocycles. The number of anilines is 1. The Balaban J connectivity index is 1.84. The molecule has 0 heterocycles. The van der Waals surface area contributed by atoms with Gasteiger partial charge < -0.3 is 10.6 Å². The zero-order valence-electron chi connectivity index (χ0n) is 11.7. The van der Waals surface area contributed by atoms with E-state index in [1.807, 2.05) is 13.8 Å². The van der Waals surface area contributed by atoms with Crippen LogP contribution in [0, 0.1) is 17.7 Å². The number of rotatable bonds is 5. The number of hydrogen-bond donors (Lipinski definition) is 2. The van der Waals surface area contributed by atoms with Crippen molar-refractivity contribution in [3.8, 4) is 0 Å². The molecule has 3 atom stereocenters. The van der Waals surface area contributed by atoms with Crippen molar-refractivity contribution in [2.45, 2.75) is 32.7 Å². The fourth-order valence-electron chi connectivity index (χ4n) is 1.99. The Morgan fingerprint density at radius 2 is 1.85 bits per heavy atom. The van der Waals surface area contributed by atoms with Crippen LogP contribution < -0.4 is 10.6 Å². The van der Waals surface area contributed by atoms with Gasteiger partial charge in [0.15, 0.2) is 0 Å². The maximum atomic E-state index is 12.8. The third-order valence-corrected chi connectivity index (χ3v) is 3.58. The third kappa shape index (κ3) is 3.56. The van der Waals surface area contributed by atoms with Crippen molar-refractivity contribution in [3.63, 3.8) is 0 Å². The summed E-state index contributed by atoms with van der Waals surface area (Å²) in [7, 11) is 0. The molecule has 1 aromatic rings. The highest BCUT2D eigenvalue weighted by Gasteiger charge is 2.48. The van der Waals surface area contributed by atoms with E-state index in [-0.39, 0.29) is 35.5 Å². The van der Waals surface area contributed by atoms with Gasteiger partial charge in [0, 0.05) is 11.7 Å². The van der Waals surface area contributed by atoms with Gasteiger partial charge in [-0.3, -0.25) is 9.59 Å². The average molecular weight is 278 g/mol. The third-order valence-electron chi connectivity index (χ3n) is 3.58. The lowest BCUT2D eigenvalue weighted by atomic mass is 10.2. The molecule has 1 saturated carbocycles. The minimum absolute atomic E-state index is 0.0568. The Hall–Kier alpha value is -1.91. The smallest absolute Gasteiger partial charge is 0.228 e. The molecule has 2 rings (SSSR count). The Morgan fingerprint density at radius 3 is 2.45 bits per heavy atom. The van der Waals surface area contributed by atoms with Crippen molar-refractivity contribution in [3.05, 3.63) is 30.1 Å². The first-order valence-electron chi connectivity index (χ1n) is 6.88. The molecule has 1 aliphatic carbocycles. The van der Waals surface area contributed by atoms with Gasteiger partial charge in [-0.2, -0.15) is 0 Å². The van der Waals surface area contributed by atoms with E-state index in [0.29, 0.717) is 12.1 Å². The van der Waals surface area contributed by atoms with Crippen LogP contribution in [0.4, 0.5) is 10.1 Å². The molecule has 20 heavy (non-hydrogen) atoms. The largest absolute Gasteiger partial charge is 0.353 e. The Labute approximate surface area is 117 Å². The van der Waals surface area contributed by atoms with Crippen molar-refractivity contribution >= 4 is 17.5 Å². The second kappa shape index (κ2) is 6.03. The topological polar surface area (TPSA) is 58.2 Å². The molecule has 0 radical (unpaired) electrons. The Kier molecular flexibility index (Phi) is 4.37. The van der Waals surface area contributed by atoms with Gasteiger partial charge in [-0.1, -0.05) is 6.92 Å². The van der Waals surface area contributed by atoms with Crippen molar-refractivity contribution in [2.75, 3.05) is 5.32 Å². The summed E-state index contributed by atoms with van der Waals surface area (Å²) in [5.41, 5.74) is 0.546. The summed E-state index contributed by atoms with van der Waals surface area (Å²) in [6.45, 7) is 3.93. The van der Waals surface area contributed by atoms with Gasteiger partial charge in [0.2, 0.25) is 11.8 Å². The summed E-state index contributed by atoms with van der Waals surface area (Å²) in [4.78, 5) is 23.8. The van der Waals surface area contributed by atoms with E-state index in [2.05, 4.69) is 10.6 Å². The normalized spacial score (nSPS) is 21.9. The summed E-state index contributed by atoms with van der Waals surface area (Å²) < 4.78 is 12.8. The lowest BCUT2D eigenvalue weighted by Crippen LogP contribution is -2.34. The van der Waals surface area contributed by atoms with Gasteiger partial charge in [-0.15, -0.1) is 0 Å². The fourth-order valence-corrected chi connectivity index (χ4v) is 1.99. The molecule has 0 saturated heterocycles. The maximum Gasteiger partial charge on any atom is 0.228 e. The molecule has 4 nitrogen and oxygen atoms in total. The van der Waals surface area contributed by atoms with E-state index in [9.17, 15) is 14.0 Å². The number of amides is 2. The van der Waals surface area contributed by atoms with Crippen molar-refractivity contribution in [2.24, 2.45) is 11.8 Å². The summed E-state index contributed by atoms with van der Waals surface area (Å²) in [5, 5.41) is 5.58. The molecule has 0 aliphatic heterocycles. The van der Waals surface area contributed by atoms with E-state index in [4.69, 9.17) is 0 Å². The van der Waals surface area contributed by atoms with Gasteiger partial charge in [-0.25, -0.2) is 4.39 Å². The second-order valence-corrected chi connectivity index (χ2v) is 5.26. The van der Waals surface area contributed by atoms with Crippen LogP contribution in [0.5, 0.6) is 0 Å². The number of carbonyl (C=O) groups is 2. The fraction of sp³-hybridized carbons (Fsp3) is 0.467. The van der Waals surface area contributed by atoms with E-state index in [1.165, 1.54) is 24.3 Å². The van der Waals surface area contributed by atoms with Gasteiger partial charge in [0.25, 0.3) is 0 Å². The van der Waals surface area contributed by atoms with Crippen LogP contribution in [-0.2, 0) is 9.59 Å². The van der Waals surface area contributed by atoms with Gasteiger partial charge in [0.1, 0.15) is 5.82 Å². The molecule has 0 spiro atoms. The molecule has 0 aromatic heterocycles. The minimum atomic E-state index is -0.347. The zero-order chi connectivity index (χ0) is 14.7. The van der Waals surface area contributed by atoms with E-state index in [1.54, 1.807) is 0 Å². The lowest BCUT2D eigenvalue weighted by molar-refractivity contribution is -0.125. The number of hydrogen-bond acceptors (Lipinski definition) is 2. The molecule has 5 heteroatoms. The second-order valence-electron chi connectivity index (χ2n) is 5.26. The highest BCUT2D eigenvalue weighted by atomic mass is 19.1. The van der Waals surface area contributed by atoms with Crippen LogP contribution in [0.1, 0.15) is 26.7 Å². The van der Waals surface area contributed by atoms with Crippen LogP contribution in [-0.4, -0.2) is 17.9 Å². The summed E-state index contributed by atoms with van der Waals surface area (Å²) in [6, 6.07) is 5.71. The first-order valence-corrected chi connectivity index (χ1v) is 6.88. The molecule has 1 fully saturated rings. The summed E-state index contributed by atoms with van der Waals surface area (Å²) >= 11 is 0. The molecule has 2 amide bonds.